The number of halogens is 1. The number of nitrogens with one attached hydrogen (secondary N) is 1. The van der Waals surface area contributed by atoms with Crippen LogP contribution >= 0.6 is 23.5 Å². The van der Waals surface area contributed by atoms with E-state index in [9.17, 15) is 4.79 Å². The van der Waals surface area contributed by atoms with Crippen LogP contribution in [0, 0.1) is 0 Å². The van der Waals surface area contributed by atoms with E-state index in [0.717, 1.165) is 4.90 Å². The van der Waals surface area contributed by atoms with Crippen molar-refractivity contribution >= 4 is 35.3 Å². The Morgan fingerprint density at radius 3 is 2.80 bits per heavy atom. The average Bonchev–Trinajstić information content (AvgIpc) is 2.45. The Hall–Kier alpha value is -1.92. The third-order valence-electron chi connectivity index (χ3n) is 2.40. The summed E-state index contributed by atoms with van der Waals surface area (Å²) in [7, 11) is 1.58. The van der Waals surface area contributed by atoms with Crippen LogP contribution in [0.5, 0.6) is 5.75 Å². The van der Waals surface area contributed by atoms with Crippen molar-refractivity contribution in [2.75, 3.05) is 11.8 Å². The number of carbonyl (C=O) groups is 1. The molecule has 0 unspecified atom stereocenters. The Labute approximate surface area is 125 Å². The predicted molar refractivity (Wildman–Crippen MR) is 78.7 cm³/mol. The zero-order valence-electron chi connectivity index (χ0n) is 10.5. The summed E-state index contributed by atoms with van der Waals surface area (Å²) in [6, 6.07) is 8.35. The van der Waals surface area contributed by atoms with Crippen molar-refractivity contribution in [3.63, 3.8) is 0 Å². The van der Waals surface area contributed by atoms with Gasteiger partial charge in [0.2, 0.25) is 0 Å². The first-order valence-corrected chi connectivity index (χ1v) is 6.75. The maximum Gasteiger partial charge on any atom is 0.337 e. The summed E-state index contributed by atoms with van der Waals surface area (Å²) in [5.74, 6) is 0.226. The van der Waals surface area contributed by atoms with Gasteiger partial charge in [0.25, 0.3) is 0 Å². The molecule has 0 atom stereocenters. The van der Waals surface area contributed by atoms with Crippen molar-refractivity contribution in [2.45, 2.75) is 4.90 Å². The number of hydrogen-bond donors (Lipinski definition) is 2. The van der Waals surface area contributed by atoms with E-state index < -0.39 is 5.97 Å². The number of aromatic nitrogens is 1. The molecule has 0 spiro atoms. The summed E-state index contributed by atoms with van der Waals surface area (Å²) in [6.07, 6.45) is 1.29. The van der Waals surface area contributed by atoms with Crippen molar-refractivity contribution < 1.29 is 14.6 Å². The summed E-state index contributed by atoms with van der Waals surface area (Å²) in [4.78, 5) is 15.5. The van der Waals surface area contributed by atoms with E-state index in [1.807, 2.05) is 0 Å². The zero-order chi connectivity index (χ0) is 14.5. The van der Waals surface area contributed by atoms with Gasteiger partial charge >= 0.3 is 5.97 Å². The molecule has 1 aromatic heterocycles. The van der Waals surface area contributed by atoms with Crippen LogP contribution < -0.4 is 9.46 Å². The van der Waals surface area contributed by atoms with Crippen LogP contribution in [0.25, 0.3) is 0 Å². The summed E-state index contributed by atoms with van der Waals surface area (Å²) in [5.41, 5.74) is 0.140. The molecule has 5 nitrogen and oxygen atoms in total. The molecule has 2 rings (SSSR count). The van der Waals surface area contributed by atoms with Crippen molar-refractivity contribution in [1.82, 2.24) is 4.98 Å². The highest BCUT2D eigenvalue weighted by Crippen LogP contribution is 2.31. The van der Waals surface area contributed by atoms with Gasteiger partial charge < -0.3 is 14.6 Å². The lowest BCUT2D eigenvalue weighted by molar-refractivity contribution is 0.0696. The molecule has 0 bridgehead atoms. The molecular formula is C13H11ClN2O3S. The van der Waals surface area contributed by atoms with Crippen molar-refractivity contribution in [3.05, 3.63) is 47.1 Å². The van der Waals surface area contributed by atoms with Crippen LogP contribution in [-0.2, 0) is 0 Å². The third-order valence-corrected chi connectivity index (χ3v) is 3.49. The van der Waals surface area contributed by atoms with E-state index in [0.29, 0.717) is 16.6 Å². The zero-order valence-corrected chi connectivity index (χ0v) is 12.0. The van der Waals surface area contributed by atoms with Gasteiger partial charge in [-0.05, 0) is 42.3 Å². The van der Waals surface area contributed by atoms with Crippen LogP contribution in [0.15, 0.2) is 41.4 Å². The lowest BCUT2D eigenvalue weighted by Gasteiger charge is -2.09. The van der Waals surface area contributed by atoms with Crippen molar-refractivity contribution in [3.8, 4) is 5.75 Å². The molecule has 20 heavy (non-hydrogen) atoms. The van der Waals surface area contributed by atoms with E-state index in [1.165, 1.54) is 24.2 Å². The van der Waals surface area contributed by atoms with Gasteiger partial charge in [-0.1, -0.05) is 11.6 Å². The number of rotatable bonds is 5. The molecule has 0 aliphatic heterocycles. The number of anilines is 1. The molecular weight excluding hydrogens is 300 g/mol. The fourth-order valence-electron chi connectivity index (χ4n) is 1.42. The number of pyridine rings is 1. The fraction of sp³-hybridized carbons (Fsp3) is 0.0769. The van der Waals surface area contributed by atoms with Gasteiger partial charge in [0, 0.05) is 11.2 Å². The molecule has 0 amide bonds. The highest BCUT2D eigenvalue weighted by molar-refractivity contribution is 8.00. The SMILES string of the molecule is COc1ccc(Cl)cc1SNc1ccc(C(=O)O)cn1. The molecule has 2 aromatic rings. The van der Waals surface area contributed by atoms with Crippen LogP contribution in [0.4, 0.5) is 5.82 Å². The van der Waals surface area contributed by atoms with Gasteiger partial charge in [-0.15, -0.1) is 0 Å². The molecule has 0 aliphatic carbocycles. The lowest BCUT2D eigenvalue weighted by Crippen LogP contribution is -1.98. The second-order valence-corrected chi connectivity index (χ2v) is 5.02. The Morgan fingerprint density at radius 2 is 2.20 bits per heavy atom. The molecule has 104 valence electrons. The number of carboxylic acids is 1. The Kier molecular flexibility index (Phi) is 4.70. The van der Waals surface area contributed by atoms with Crippen LogP contribution in [0.2, 0.25) is 5.02 Å². The van der Waals surface area contributed by atoms with E-state index >= 15 is 0 Å². The first-order valence-electron chi connectivity index (χ1n) is 5.56. The second kappa shape index (κ2) is 6.49. The fourth-order valence-corrected chi connectivity index (χ4v) is 2.43. The van der Waals surface area contributed by atoms with Crippen LogP contribution in [-0.4, -0.2) is 23.2 Å². The quantitative estimate of drug-likeness (QED) is 0.823. The van der Waals surface area contributed by atoms with E-state index in [-0.39, 0.29) is 5.56 Å². The molecule has 7 heteroatoms. The number of nitrogens with zero attached hydrogens (tertiary/aromatic N) is 1. The van der Waals surface area contributed by atoms with Crippen LogP contribution in [0.3, 0.4) is 0 Å². The first kappa shape index (κ1) is 14.5. The minimum Gasteiger partial charge on any atom is -0.496 e. The Morgan fingerprint density at radius 1 is 1.40 bits per heavy atom. The minimum atomic E-state index is -1.01. The molecule has 0 fully saturated rings. The van der Waals surface area contributed by atoms with Gasteiger partial charge in [0.05, 0.1) is 17.6 Å². The number of carboxylic acid groups (broad SMARTS) is 1. The predicted octanol–water partition coefficient (Wildman–Crippen LogP) is 3.56. The van der Waals surface area contributed by atoms with Gasteiger partial charge in [0.1, 0.15) is 11.6 Å². The lowest BCUT2D eigenvalue weighted by atomic mass is 10.3. The standard InChI is InChI=1S/C13H11ClN2O3S/c1-19-10-4-3-9(14)6-11(10)20-16-12-5-2-8(7-15-12)13(17)18/h2-7H,1H3,(H,15,16)(H,17,18). The van der Waals surface area contributed by atoms with E-state index in [4.69, 9.17) is 21.4 Å². The van der Waals surface area contributed by atoms with Crippen molar-refractivity contribution in [1.29, 1.82) is 0 Å². The smallest absolute Gasteiger partial charge is 0.337 e. The number of hydrogen-bond acceptors (Lipinski definition) is 5. The molecule has 0 saturated carbocycles. The topological polar surface area (TPSA) is 71.5 Å². The third kappa shape index (κ3) is 3.55. The Balaban J connectivity index is 2.08. The van der Waals surface area contributed by atoms with E-state index in [2.05, 4.69) is 9.71 Å². The van der Waals surface area contributed by atoms with Gasteiger partial charge in [-0.3, -0.25) is 0 Å². The van der Waals surface area contributed by atoms with E-state index in [1.54, 1.807) is 31.4 Å². The Bertz CT molecular complexity index is 620. The highest BCUT2D eigenvalue weighted by Gasteiger charge is 2.06. The van der Waals surface area contributed by atoms with Gasteiger partial charge in [-0.2, -0.15) is 0 Å². The highest BCUT2D eigenvalue weighted by atomic mass is 35.5. The normalized spacial score (nSPS) is 10.1. The monoisotopic (exact) mass is 310 g/mol. The summed E-state index contributed by atoms with van der Waals surface area (Å²) >= 11 is 7.22. The maximum absolute atomic E-state index is 10.7. The van der Waals surface area contributed by atoms with Crippen LogP contribution in [0.1, 0.15) is 10.4 Å². The average molecular weight is 311 g/mol. The summed E-state index contributed by atoms with van der Waals surface area (Å²) < 4.78 is 8.22. The van der Waals surface area contributed by atoms with Crippen molar-refractivity contribution in [2.24, 2.45) is 0 Å². The largest absolute Gasteiger partial charge is 0.496 e. The number of aromatic carboxylic acids is 1. The molecule has 1 aromatic carbocycles. The number of methoxy groups -OCH3 is 1. The number of benzene rings is 1. The molecule has 0 radical (unpaired) electrons. The first-order chi connectivity index (χ1) is 9.60. The second-order valence-electron chi connectivity index (χ2n) is 3.74. The number of ether oxygens (including phenoxy) is 1. The minimum absolute atomic E-state index is 0.140. The molecule has 1 heterocycles. The van der Waals surface area contributed by atoms with Gasteiger partial charge in [-0.25, -0.2) is 9.78 Å². The maximum atomic E-state index is 10.7. The summed E-state index contributed by atoms with van der Waals surface area (Å²) in [6.45, 7) is 0. The molecule has 2 N–H and O–H groups in total. The summed E-state index contributed by atoms with van der Waals surface area (Å²) in [5, 5.41) is 9.39. The molecule has 0 saturated heterocycles. The molecule has 0 aliphatic rings. The van der Waals surface area contributed by atoms with Gasteiger partial charge in [0.15, 0.2) is 0 Å².